The number of esters is 1. The van der Waals surface area contributed by atoms with Gasteiger partial charge in [-0.05, 0) is 86.4 Å². The van der Waals surface area contributed by atoms with Crippen LogP contribution in [-0.4, -0.2) is 43.5 Å². The number of amides is 1. The largest absolute Gasteiger partial charge is 0.465 e. The van der Waals surface area contributed by atoms with Gasteiger partial charge in [-0.25, -0.2) is 9.18 Å². The van der Waals surface area contributed by atoms with E-state index in [1.165, 1.54) is 13.2 Å². The Balaban J connectivity index is 1.33. The summed E-state index contributed by atoms with van der Waals surface area (Å²) >= 11 is 0. The Hall–Kier alpha value is -3.51. The van der Waals surface area contributed by atoms with E-state index < -0.39 is 0 Å². The number of likely N-dealkylation sites (tertiary alicyclic amines) is 1. The second-order valence-electron chi connectivity index (χ2n) is 9.66. The van der Waals surface area contributed by atoms with E-state index in [4.69, 9.17) is 4.74 Å². The lowest BCUT2D eigenvalue weighted by Crippen LogP contribution is -2.45. The molecule has 0 radical (unpaired) electrons. The Morgan fingerprint density at radius 1 is 0.943 bits per heavy atom. The highest BCUT2D eigenvalue weighted by Crippen LogP contribution is 2.47. The molecule has 5 nitrogen and oxygen atoms in total. The van der Waals surface area contributed by atoms with Gasteiger partial charge in [-0.1, -0.05) is 29.8 Å². The molecule has 6 heteroatoms. The van der Waals surface area contributed by atoms with Crippen LogP contribution in [-0.2, 0) is 16.7 Å². The summed E-state index contributed by atoms with van der Waals surface area (Å²) in [6, 6.07) is 19.9. The van der Waals surface area contributed by atoms with Crippen LogP contribution in [0.25, 0.3) is 0 Å². The molecule has 0 aromatic heterocycles. The maximum atomic E-state index is 14.3. The molecule has 0 saturated carbocycles. The van der Waals surface area contributed by atoms with Crippen molar-refractivity contribution in [1.29, 1.82) is 0 Å². The number of aryl methyl sites for hydroxylation is 1. The van der Waals surface area contributed by atoms with Gasteiger partial charge in [0.05, 0.1) is 12.7 Å². The van der Waals surface area contributed by atoms with Crippen molar-refractivity contribution in [3.05, 3.63) is 100 Å². The lowest BCUT2D eigenvalue weighted by Gasteiger charge is -2.40. The van der Waals surface area contributed by atoms with Gasteiger partial charge in [0.1, 0.15) is 5.82 Å². The number of piperidine rings is 1. The number of methoxy groups -OCH3 is 1. The van der Waals surface area contributed by atoms with Crippen molar-refractivity contribution >= 4 is 17.6 Å². The Labute approximate surface area is 205 Å². The number of benzene rings is 3. The Morgan fingerprint density at radius 2 is 1.60 bits per heavy atom. The molecule has 5 rings (SSSR count). The summed E-state index contributed by atoms with van der Waals surface area (Å²) in [4.78, 5) is 29.3. The molecule has 180 valence electrons. The molecule has 2 aliphatic rings. The first-order valence-electron chi connectivity index (χ1n) is 12.0. The van der Waals surface area contributed by atoms with Gasteiger partial charge in [-0.15, -0.1) is 0 Å². The van der Waals surface area contributed by atoms with Gasteiger partial charge in [0.15, 0.2) is 0 Å². The summed E-state index contributed by atoms with van der Waals surface area (Å²) < 4.78 is 19.1. The van der Waals surface area contributed by atoms with Gasteiger partial charge < -0.3 is 9.64 Å². The Morgan fingerprint density at radius 3 is 2.26 bits per heavy atom. The molecular weight excluding hydrogens is 443 g/mol. The maximum Gasteiger partial charge on any atom is 0.337 e. The fraction of sp³-hybridized carbons (Fsp3) is 0.310. The number of ether oxygens (including phenoxy) is 1. The number of hydrogen-bond donors (Lipinski definition) is 0. The minimum absolute atomic E-state index is 0.0390. The molecule has 2 aliphatic heterocycles. The predicted molar refractivity (Wildman–Crippen MR) is 133 cm³/mol. The molecule has 1 saturated heterocycles. The van der Waals surface area contributed by atoms with Crippen LogP contribution in [0.1, 0.15) is 50.2 Å². The number of hydrogen-bond acceptors (Lipinski definition) is 4. The third-order valence-electron chi connectivity index (χ3n) is 7.42. The van der Waals surface area contributed by atoms with Gasteiger partial charge in [0, 0.05) is 29.8 Å². The number of rotatable bonds is 4. The lowest BCUT2D eigenvalue weighted by molar-refractivity contribution is 0.0600. The summed E-state index contributed by atoms with van der Waals surface area (Å²) in [5, 5.41) is 0. The second kappa shape index (κ2) is 9.27. The standard InChI is InChI=1S/C29H29FN2O3/c1-20-3-7-22(8-4-20)27(33)32-19-29(25-17-24(30)11-12-26(25)32)13-15-31(16-14-29)18-21-5-9-23(10-6-21)28(34)35-2/h3-12,17H,13-16,18-19H2,1-2H3. The second-order valence-corrected chi connectivity index (χ2v) is 9.66. The van der Waals surface area contributed by atoms with Crippen LogP contribution < -0.4 is 4.90 Å². The molecule has 1 amide bonds. The summed E-state index contributed by atoms with van der Waals surface area (Å²) in [7, 11) is 1.38. The SMILES string of the molecule is COC(=O)c1ccc(CN2CCC3(CC2)CN(C(=O)c2ccc(C)cc2)c2ccc(F)cc23)cc1. The highest BCUT2D eigenvalue weighted by molar-refractivity contribution is 6.07. The number of carbonyl (C=O) groups is 2. The van der Waals surface area contributed by atoms with E-state index in [0.717, 1.165) is 54.9 Å². The average molecular weight is 473 g/mol. The molecule has 2 heterocycles. The van der Waals surface area contributed by atoms with Crippen molar-refractivity contribution in [2.75, 3.05) is 31.6 Å². The van der Waals surface area contributed by atoms with E-state index >= 15 is 0 Å². The van der Waals surface area contributed by atoms with Crippen molar-refractivity contribution in [3.63, 3.8) is 0 Å². The monoisotopic (exact) mass is 472 g/mol. The van der Waals surface area contributed by atoms with Crippen LogP contribution in [0.15, 0.2) is 66.7 Å². The molecule has 0 aliphatic carbocycles. The smallest absolute Gasteiger partial charge is 0.337 e. The highest BCUT2D eigenvalue weighted by Gasteiger charge is 2.46. The minimum atomic E-state index is -0.340. The first-order chi connectivity index (χ1) is 16.9. The molecule has 3 aromatic rings. The number of carbonyl (C=O) groups excluding carboxylic acids is 2. The molecule has 1 spiro atoms. The Bertz CT molecular complexity index is 1250. The summed E-state index contributed by atoms with van der Waals surface area (Å²) in [6.07, 6.45) is 1.70. The van der Waals surface area contributed by atoms with Crippen molar-refractivity contribution in [1.82, 2.24) is 4.90 Å². The van der Waals surface area contributed by atoms with Gasteiger partial charge in [0.25, 0.3) is 5.91 Å². The van der Waals surface area contributed by atoms with E-state index in [1.54, 1.807) is 24.3 Å². The summed E-state index contributed by atoms with van der Waals surface area (Å²) in [6.45, 7) is 5.04. The fourth-order valence-corrected chi connectivity index (χ4v) is 5.36. The van der Waals surface area contributed by atoms with Crippen molar-refractivity contribution in [2.45, 2.75) is 31.7 Å². The summed E-state index contributed by atoms with van der Waals surface area (Å²) in [5.41, 5.74) is 4.94. The normalized spacial score (nSPS) is 16.8. The number of fused-ring (bicyclic) bond motifs is 2. The molecule has 0 unspecified atom stereocenters. The third-order valence-corrected chi connectivity index (χ3v) is 7.42. The predicted octanol–water partition coefficient (Wildman–Crippen LogP) is 5.11. The zero-order valence-corrected chi connectivity index (χ0v) is 20.1. The molecule has 0 N–H and O–H groups in total. The lowest BCUT2D eigenvalue weighted by atomic mass is 9.74. The quantitative estimate of drug-likeness (QED) is 0.495. The minimum Gasteiger partial charge on any atom is -0.465 e. The molecule has 0 atom stereocenters. The molecule has 0 bridgehead atoms. The van der Waals surface area contributed by atoms with Gasteiger partial charge >= 0.3 is 5.97 Å². The first-order valence-corrected chi connectivity index (χ1v) is 12.0. The van der Waals surface area contributed by atoms with Gasteiger partial charge in [-0.2, -0.15) is 0 Å². The molecule has 3 aromatic carbocycles. The highest BCUT2D eigenvalue weighted by atomic mass is 19.1. The Kier molecular flexibility index (Phi) is 6.15. The maximum absolute atomic E-state index is 14.3. The zero-order chi connectivity index (χ0) is 24.6. The average Bonchev–Trinajstić information content (AvgIpc) is 3.18. The topological polar surface area (TPSA) is 49.9 Å². The van der Waals surface area contributed by atoms with Crippen LogP contribution >= 0.6 is 0 Å². The molecule has 35 heavy (non-hydrogen) atoms. The molecular formula is C29H29FN2O3. The van der Waals surface area contributed by atoms with Crippen molar-refractivity contribution in [2.24, 2.45) is 0 Å². The van der Waals surface area contributed by atoms with E-state index in [9.17, 15) is 14.0 Å². The third kappa shape index (κ3) is 4.46. The van der Waals surface area contributed by atoms with Crippen molar-refractivity contribution in [3.8, 4) is 0 Å². The van der Waals surface area contributed by atoms with E-state index in [-0.39, 0.29) is 23.1 Å². The molecule has 1 fully saturated rings. The number of nitrogens with zero attached hydrogens (tertiary/aromatic N) is 2. The zero-order valence-electron chi connectivity index (χ0n) is 20.1. The number of halogens is 1. The summed E-state index contributed by atoms with van der Waals surface area (Å²) in [5.74, 6) is -0.642. The number of anilines is 1. The fourth-order valence-electron chi connectivity index (χ4n) is 5.36. The van der Waals surface area contributed by atoms with Crippen LogP contribution in [0, 0.1) is 12.7 Å². The van der Waals surface area contributed by atoms with Crippen LogP contribution in [0.2, 0.25) is 0 Å². The van der Waals surface area contributed by atoms with Crippen LogP contribution in [0.5, 0.6) is 0 Å². The van der Waals surface area contributed by atoms with Gasteiger partial charge in [-0.3, -0.25) is 9.69 Å². The van der Waals surface area contributed by atoms with E-state index in [0.29, 0.717) is 17.7 Å². The van der Waals surface area contributed by atoms with Crippen LogP contribution in [0.4, 0.5) is 10.1 Å². The van der Waals surface area contributed by atoms with E-state index in [1.807, 2.05) is 48.2 Å². The van der Waals surface area contributed by atoms with Crippen LogP contribution in [0.3, 0.4) is 0 Å². The van der Waals surface area contributed by atoms with Crippen molar-refractivity contribution < 1.29 is 18.7 Å². The van der Waals surface area contributed by atoms with E-state index in [2.05, 4.69) is 4.90 Å². The van der Waals surface area contributed by atoms with Gasteiger partial charge in [0.2, 0.25) is 0 Å². The first kappa shape index (κ1) is 23.2.